The van der Waals surface area contributed by atoms with Crippen LogP contribution in [0.25, 0.3) is 39.4 Å². The van der Waals surface area contributed by atoms with Gasteiger partial charge in [0, 0.05) is 53.2 Å². The molecule has 0 fully saturated rings. The smallest absolute Gasteiger partial charge is 0.240 e. The van der Waals surface area contributed by atoms with Crippen LogP contribution < -0.4 is 10.5 Å². The molecule has 198 valence electrons. The van der Waals surface area contributed by atoms with E-state index < -0.39 is 10.0 Å². The molecule has 0 saturated carbocycles. The summed E-state index contributed by atoms with van der Waals surface area (Å²) in [5.74, 6) is 0.937. The van der Waals surface area contributed by atoms with Gasteiger partial charge in [0.25, 0.3) is 0 Å². The summed E-state index contributed by atoms with van der Waals surface area (Å²) in [6.07, 6.45) is 6.91. The Morgan fingerprint density at radius 3 is 2.38 bits per heavy atom. The molecule has 6 aromatic rings. The number of imidazole rings is 1. The number of nitrogens with two attached hydrogens (primary N) is 1. The normalized spacial score (nSPS) is 11.6. The Morgan fingerprint density at radius 2 is 1.65 bits per heavy atom. The Labute approximate surface area is 235 Å². The Balaban J connectivity index is 1.36. The van der Waals surface area contributed by atoms with Crippen LogP contribution >= 0.6 is 11.6 Å². The summed E-state index contributed by atoms with van der Waals surface area (Å²) >= 11 is 5.88. The number of benzene rings is 2. The van der Waals surface area contributed by atoms with Crippen molar-refractivity contribution in [2.24, 2.45) is 0 Å². The van der Waals surface area contributed by atoms with Crippen LogP contribution in [0.2, 0.25) is 5.02 Å². The largest absolute Gasteiger partial charge is 0.383 e. The van der Waals surface area contributed by atoms with E-state index in [4.69, 9.17) is 27.3 Å². The zero-order chi connectivity index (χ0) is 27.7. The topological polar surface area (TPSA) is 129 Å². The summed E-state index contributed by atoms with van der Waals surface area (Å²) in [6, 6.07) is 23.0. The number of anilines is 1. The number of aromatic nitrogens is 5. The van der Waals surface area contributed by atoms with Gasteiger partial charge in [-0.2, -0.15) is 0 Å². The third-order valence-corrected chi connectivity index (χ3v) is 8.03. The van der Waals surface area contributed by atoms with E-state index in [1.807, 2.05) is 53.1 Å². The first-order valence-corrected chi connectivity index (χ1v) is 14.1. The zero-order valence-electron chi connectivity index (χ0n) is 20.9. The predicted octanol–water partition coefficient (Wildman–Crippen LogP) is 5.26. The van der Waals surface area contributed by atoms with Gasteiger partial charge >= 0.3 is 0 Å². The van der Waals surface area contributed by atoms with Gasteiger partial charge in [-0.05, 0) is 66.2 Å². The third kappa shape index (κ3) is 5.03. The molecule has 0 aliphatic rings. The molecule has 9 nitrogen and oxygen atoms in total. The van der Waals surface area contributed by atoms with E-state index in [0.717, 1.165) is 22.4 Å². The highest BCUT2D eigenvalue weighted by Crippen LogP contribution is 2.32. The van der Waals surface area contributed by atoms with Crippen LogP contribution in [0, 0.1) is 0 Å². The standard InChI is InChI=1S/C29H22ClN7O2S/c30-22-7-11-24(12-8-22)40(38,39)35-16-19-5-9-23(10-6-19)37-28(25-4-2-14-33-27(25)31)36-26-15-21(18-34-29(26)37)20-3-1-13-32-17-20/h1-15,17-18,35H,16H2,(H2,31,33). The minimum absolute atomic E-state index is 0.116. The Kier molecular flexibility index (Phi) is 6.72. The van der Waals surface area contributed by atoms with E-state index in [0.29, 0.717) is 33.4 Å². The highest BCUT2D eigenvalue weighted by Gasteiger charge is 2.19. The van der Waals surface area contributed by atoms with Gasteiger partial charge in [-0.3, -0.25) is 9.55 Å². The molecule has 0 unspecified atom stereocenters. The molecule has 0 saturated heterocycles. The molecule has 0 bridgehead atoms. The van der Waals surface area contributed by atoms with Crippen molar-refractivity contribution in [1.29, 1.82) is 0 Å². The molecular formula is C29H22ClN7O2S. The molecule has 0 aliphatic heterocycles. The second-order valence-electron chi connectivity index (χ2n) is 8.96. The molecule has 0 amide bonds. The van der Waals surface area contributed by atoms with Crippen LogP contribution in [0.4, 0.5) is 5.82 Å². The van der Waals surface area contributed by atoms with E-state index in [1.165, 1.54) is 12.1 Å². The lowest BCUT2D eigenvalue weighted by molar-refractivity contribution is 0.581. The SMILES string of the molecule is Nc1ncccc1-c1nc2cc(-c3cccnc3)cnc2n1-c1ccc(CNS(=O)(=O)c2ccc(Cl)cc2)cc1. The third-order valence-electron chi connectivity index (χ3n) is 6.36. The first kappa shape index (κ1) is 25.6. The Hall–Kier alpha value is -4.64. The number of nitrogens with one attached hydrogen (secondary N) is 1. The van der Waals surface area contributed by atoms with Gasteiger partial charge in [0.15, 0.2) is 11.5 Å². The van der Waals surface area contributed by atoms with Crippen LogP contribution in [-0.2, 0) is 16.6 Å². The number of nitrogen functional groups attached to an aromatic ring is 1. The summed E-state index contributed by atoms with van der Waals surface area (Å²) in [6.45, 7) is 0.116. The second kappa shape index (κ2) is 10.5. The predicted molar refractivity (Wildman–Crippen MR) is 155 cm³/mol. The van der Waals surface area contributed by atoms with E-state index in [2.05, 4.69) is 14.7 Å². The van der Waals surface area contributed by atoms with Crippen molar-refractivity contribution in [2.75, 3.05) is 5.73 Å². The fraction of sp³-hybridized carbons (Fsp3) is 0.0345. The van der Waals surface area contributed by atoms with Crippen LogP contribution in [-0.4, -0.2) is 32.9 Å². The van der Waals surface area contributed by atoms with Gasteiger partial charge in [-0.1, -0.05) is 29.8 Å². The Morgan fingerprint density at radius 1 is 0.875 bits per heavy atom. The molecular weight excluding hydrogens is 546 g/mol. The number of pyridine rings is 3. The molecule has 4 heterocycles. The fourth-order valence-corrected chi connectivity index (χ4v) is 5.47. The lowest BCUT2D eigenvalue weighted by Gasteiger charge is -2.12. The van der Waals surface area contributed by atoms with E-state index in [9.17, 15) is 8.42 Å². The van der Waals surface area contributed by atoms with Gasteiger partial charge in [0.1, 0.15) is 11.3 Å². The molecule has 3 N–H and O–H groups in total. The summed E-state index contributed by atoms with van der Waals surface area (Å²) in [7, 11) is -3.69. The van der Waals surface area contributed by atoms with E-state index in [1.54, 1.807) is 43.0 Å². The molecule has 0 radical (unpaired) electrons. The van der Waals surface area contributed by atoms with Crippen molar-refractivity contribution in [2.45, 2.75) is 11.4 Å². The second-order valence-corrected chi connectivity index (χ2v) is 11.2. The molecule has 2 aromatic carbocycles. The maximum atomic E-state index is 12.7. The lowest BCUT2D eigenvalue weighted by Crippen LogP contribution is -2.23. The average molecular weight is 568 g/mol. The van der Waals surface area contributed by atoms with Gasteiger partial charge in [-0.15, -0.1) is 0 Å². The zero-order valence-corrected chi connectivity index (χ0v) is 22.5. The van der Waals surface area contributed by atoms with Gasteiger partial charge in [0.2, 0.25) is 10.0 Å². The van der Waals surface area contributed by atoms with Crippen molar-refractivity contribution >= 4 is 38.6 Å². The molecule has 40 heavy (non-hydrogen) atoms. The minimum atomic E-state index is -3.69. The minimum Gasteiger partial charge on any atom is -0.383 e. The number of rotatable bonds is 7. The first-order chi connectivity index (χ1) is 19.4. The summed E-state index contributed by atoms with van der Waals surface area (Å²) in [4.78, 5) is 18.2. The number of hydrogen-bond acceptors (Lipinski definition) is 7. The van der Waals surface area contributed by atoms with Crippen LogP contribution in [0.5, 0.6) is 0 Å². The molecule has 0 aliphatic carbocycles. The first-order valence-electron chi connectivity index (χ1n) is 12.2. The van der Waals surface area contributed by atoms with Crippen molar-refractivity contribution in [3.8, 4) is 28.2 Å². The van der Waals surface area contributed by atoms with E-state index in [-0.39, 0.29) is 11.4 Å². The maximum Gasteiger partial charge on any atom is 0.240 e. The maximum absolute atomic E-state index is 12.7. The van der Waals surface area contributed by atoms with E-state index >= 15 is 0 Å². The van der Waals surface area contributed by atoms with Crippen LogP contribution in [0.1, 0.15) is 5.56 Å². The quantitative estimate of drug-likeness (QED) is 0.269. The van der Waals surface area contributed by atoms with Gasteiger partial charge < -0.3 is 5.73 Å². The average Bonchev–Trinajstić information content (AvgIpc) is 3.36. The number of fused-ring (bicyclic) bond motifs is 1. The Bertz CT molecular complexity index is 1930. The van der Waals surface area contributed by atoms with Crippen molar-refractivity contribution < 1.29 is 8.42 Å². The highest BCUT2D eigenvalue weighted by molar-refractivity contribution is 7.89. The number of sulfonamides is 1. The van der Waals surface area contributed by atoms with Crippen molar-refractivity contribution in [1.82, 2.24) is 29.2 Å². The highest BCUT2D eigenvalue weighted by atomic mass is 35.5. The summed E-state index contributed by atoms with van der Waals surface area (Å²) < 4.78 is 29.9. The molecule has 0 atom stereocenters. The van der Waals surface area contributed by atoms with Crippen LogP contribution in [0.15, 0.2) is 109 Å². The molecule has 0 spiro atoms. The van der Waals surface area contributed by atoms with Crippen molar-refractivity contribution in [3.05, 3.63) is 114 Å². The number of hydrogen-bond donors (Lipinski definition) is 2. The van der Waals surface area contributed by atoms with Crippen molar-refractivity contribution in [3.63, 3.8) is 0 Å². The van der Waals surface area contributed by atoms with Gasteiger partial charge in [0.05, 0.1) is 10.5 Å². The monoisotopic (exact) mass is 567 g/mol. The number of halogens is 1. The van der Waals surface area contributed by atoms with Gasteiger partial charge in [-0.25, -0.2) is 28.1 Å². The molecule has 4 aromatic heterocycles. The molecule has 6 rings (SSSR count). The number of nitrogens with zero attached hydrogens (tertiary/aromatic N) is 5. The fourth-order valence-electron chi connectivity index (χ4n) is 4.33. The molecule has 11 heteroatoms. The lowest BCUT2D eigenvalue weighted by atomic mass is 10.1. The summed E-state index contributed by atoms with van der Waals surface area (Å²) in [5, 5.41) is 0.469. The van der Waals surface area contributed by atoms with Crippen LogP contribution in [0.3, 0.4) is 0 Å². The summed E-state index contributed by atoms with van der Waals surface area (Å²) in [5.41, 5.74) is 11.6.